The van der Waals surface area contributed by atoms with Crippen LogP contribution < -0.4 is 10.5 Å². The van der Waals surface area contributed by atoms with E-state index in [-0.39, 0.29) is 5.75 Å². The van der Waals surface area contributed by atoms with Crippen molar-refractivity contribution < 1.29 is 9.13 Å². The normalized spacial score (nSPS) is 10.1. The first-order valence-corrected chi connectivity index (χ1v) is 6.29. The molecule has 0 amide bonds. The Bertz CT molecular complexity index is 586. The lowest BCUT2D eigenvalue weighted by Crippen LogP contribution is -2.08. The molecule has 0 spiro atoms. The van der Waals surface area contributed by atoms with Gasteiger partial charge in [-0.05, 0) is 42.5 Å². The van der Waals surface area contributed by atoms with Crippen molar-refractivity contribution in [1.29, 1.82) is 0 Å². The molecule has 0 radical (unpaired) electrons. The van der Waals surface area contributed by atoms with Crippen molar-refractivity contribution in [2.24, 2.45) is 5.73 Å². The van der Waals surface area contributed by atoms with Gasteiger partial charge in [-0.1, -0.05) is 28.1 Å². The molecule has 92 valence electrons. The summed E-state index contributed by atoms with van der Waals surface area (Å²) in [6, 6.07) is 11.3. The Morgan fingerprint density at radius 1 is 1.17 bits per heavy atom. The van der Waals surface area contributed by atoms with E-state index in [1.54, 1.807) is 36.4 Å². The molecule has 0 unspecified atom stereocenters. The molecule has 18 heavy (non-hydrogen) atoms. The number of hydrogen-bond donors (Lipinski definition) is 1. The summed E-state index contributed by atoms with van der Waals surface area (Å²) in [5, 5.41) is 0. The summed E-state index contributed by atoms with van der Waals surface area (Å²) in [6.07, 6.45) is 0. The van der Waals surface area contributed by atoms with Crippen molar-refractivity contribution >= 4 is 33.1 Å². The zero-order chi connectivity index (χ0) is 13.1. The van der Waals surface area contributed by atoms with E-state index in [2.05, 4.69) is 15.9 Å². The number of hydrogen-bond acceptors (Lipinski definition) is 2. The maximum absolute atomic E-state index is 13.5. The molecule has 0 heterocycles. The minimum absolute atomic E-state index is 0.160. The molecule has 0 aliphatic carbocycles. The Morgan fingerprint density at radius 2 is 1.83 bits per heavy atom. The molecule has 2 N–H and O–H groups in total. The predicted octanol–water partition coefficient (Wildman–Crippen LogP) is 4.01. The first-order chi connectivity index (χ1) is 8.56. The second-order valence-electron chi connectivity index (χ2n) is 3.57. The highest BCUT2D eigenvalue weighted by molar-refractivity contribution is 9.10. The number of nitrogens with two attached hydrogens (primary N) is 1. The van der Waals surface area contributed by atoms with Crippen LogP contribution in [0.2, 0.25) is 0 Å². The molecule has 2 aromatic rings. The zero-order valence-electron chi connectivity index (χ0n) is 9.19. The average Bonchev–Trinajstić information content (AvgIpc) is 2.34. The summed E-state index contributed by atoms with van der Waals surface area (Å²) in [4.78, 5) is 0.315. The second kappa shape index (κ2) is 5.46. The summed E-state index contributed by atoms with van der Waals surface area (Å²) >= 11 is 8.10. The van der Waals surface area contributed by atoms with E-state index in [0.717, 1.165) is 10.0 Å². The van der Waals surface area contributed by atoms with Crippen LogP contribution in [-0.4, -0.2) is 4.99 Å². The van der Waals surface area contributed by atoms with Gasteiger partial charge in [0.1, 0.15) is 10.7 Å². The highest BCUT2D eigenvalue weighted by atomic mass is 79.9. The maximum atomic E-state index is 13.5. The maximum Gasteiger partial charge on any atom is 0.165 e. The van der Waals surface area contributed by atoms with Crippen LogP contribution in [0.3, 0.4) is 0 Å². The van der Waals surface area contributed by atoms with E-state index in [1.165, 1.54) is 6.07 Å². The van der Waals surface area contributed by atoms with Gasteiger partial charge < -0.3 is 10.5 Å². The third kappa shape index (κ3) is 3.05. The fraction of sp³-hybridized carbons (Fsp3) is 0. The van der Waals surface area contributed by atoms with Gasteiger partial charge in [-0.2, -0.15) is 0 Å². The minimum Gasteiger partial charge on any atom is -0.454 e. The van der Waals surface area contributed by atoms with Gasteiger partial charge in [-0.3, -0.25) is 0 Å². The summed E-state index contributed by atoms with van der Waals surface area (Å²) in [7, 11) is 0. The largest absolute Gasteiger partial charge is 0.454 e. The predicted molar refractivity (Wildman–Crippen MR) is 76.5 cm³/mol. The summed E-state index contributed by atoms with van der Waals surface area (Å²) < 4.78 is 19.7. The Hall–Kier alpha value is -1.46. The molecule has 0 atom stereocenters. The van der Waals surface area contributed by atoms with E-state index in [0.29, 0.717) is 10.7 Å². The molecule has 0 aliphatic rings. The van der Waals surface area contributed by atoms with Crippen molar-refractivity contribution in [3.05, 3.63) is 58.3 Å². The number of rotatable bonds is 3. The molecule has 0 bridgehead atoms. The SMILES string of the molecule is NC(=S)c1ccc(Oc2cc(Br)ccc2F)cc1. The zero-order valence-corrected chi connectivity index (χ0v) is 11.6. The number of ether oxygens (including phenoxy) is 1. The third-order valence-corrected chi connectivity index (χ3v) is 2.99. The number of benzene rings is 2. The van der Waals surface area contributed by atoms with Crippen molar-refractivity contribution in [3.8, 4) is 11.5 Å². The fourth-order valence-electron chi connectivity index (χ4n) is 1.37. The van der Waals surface area contributed by atoms with Crippen molar-refractivity contribution in [3.63, 3.8) is 0 Å². The molecule has 0 saturated heterocycles. The summed E-state index contributed by atoms with van der Waals surface area (Å²) in [5.41, 5.74) is 6.23. The molecule has 2 nitrogen and oxygen atoms in total. The lowest BCUT2D eigenvalue weighted by molar-refractivity contribution is 0.442. The number of thiocarbonyl (C=S) groups is 1. The quantitative estimate of drug-likeness (QED) is 0.866. The molecule has 2 rings (SSSR count). The molecule has 0 saturated carbocycles. The Kier molecular flexibility index (Phi) is 3.93. The Morgan fingerprint density at radius 3 is 2.44 bits per heavy atom. The average molecular weight is 326 g/mol. The van der Waals surface area contributed by atoms with Gasteiger partial charge in [0, 0.05) is 10.0 Å². The van der Waals surface area contributed by atoms with Crippen LogP contribution in [0.25, 0.3) is 0 Å². The first kappa shape index (κ1) is 13.0. The van der Waals surface area contributed by atoms with Crippen molar-refractivity contribution in [2.75, 3.05) is 0 Å². The summed E-state index contributed by atoms with van der Waals surface area (Å²) in [5.74, 6) is 0.260. The van der Waals surface area contributed by atoms with Gasteiger partial charge in [-0.25, -0.2) is 4.39 Å². The van der Waals surface area contributed by atoms with Crippen LogP contribution in [0.1, 0.15) is 5.56 Å². The Labute approximate surface area is 118 Å². The highest BCUT2D eigenvalue weighted by Crippen LogP contribution is 2.27. The molecular weight excluding hydrogens is 317 g/mol. The van der Waals surface area contributed by atoms with Crippen molar-refractivity contribution in [1.82, 2.24) is 0 Å². The smallest absolute Gasteiger partial charge is 0.165 e. The van der Waals surface area contributed by atoms with Gasteiger partial charge in [0.2, 0.25) is 0 Å². The lowest BCUT2D eigenvalue weighted by atomic mass is 10.2. The molecule has 0 aliphatic heterocycles. The van der Waals surface area contributed by atoms with Crippen LogP contribution in [0.15, 0.2) is 46.9 Å². The van der Waals surface area contributed by atoms with E-state index in [1.807, 2.05) is 0 Å². The topological polar surface area (TPSA) is 35.2 Å². The monoisotopic (exact) mass is 325 g/mol. The lowest BCUT2D eigenvalue weighted by Gasteiger charge is -2.07. The van der Waals surface area contributed by atoms with Gasteiger partial charge in [0.25, 0.3) is 0 Å². The van der Waals surface area contributed by atoms with Gasteiger partial charge in [-0.15, -0.1) is 0 Å². The summed E-state index contributed by atoms with van der Waals surface area (Å²) in [6.45, 7) is 0. The van der Waals surface area contributed by atoms with E-state index in [9.17, 15) is 4.39 Å². The molecular formula is C13H9BrFNOS. The second-order valence-corrected chi connectivity index (χ2v) is 4.92. The van der Waals surface area contributed by atoms with Crippen LogP contribution in [0, 0.1) is 5.82 Å². The van der Waals surface area contributed by atoms with Crippen LogP contribution in [-0.2, 0) is 0 Å². The molecule has 2 aromatic carbocycles. The van der Waals surface area contributed by atoms with Gasteiger partial charge in [0.05, 0.1) is 0 Å². The van der Waals surface area contributed by atoms with Crippen LogP contribution in [0.4, 0.5) is 4.39 Å². The van der Waals surface area contributed by atoms with E-state index >= 15 is 0 Å². The Balaban J connectivity index is 2.23. The minimum atomic E-state index is -0.420. The van der Waals surface area contributed by atoms with Crippen LogP contribution >= 0.6 is 28.1 Å². The van der Waals surface area contributed by atoms with Crippen molar-refractivity contribution in [2.45, 2.75) is 0 Å². The van der Waals surface area contributed by atoms with Crippen LogP contribution in [0.5, 0.6) is 11.5 Å². The standard InChI is InChI=1S/C13H9BrFNOS/c14-9-3-6-11(15)12(7-9)17-10-4-1-8(2-5-10)13(16)18/h1-7H,(H2,16,18). The molecule has 0 fully saturated rings. The molecule has 0 aromatic heterocycles. The highest BCUT2D eigenvalue weighted by Gasteiger charge is 2.05. The number of halogens is 2. The van der Waals surface area contributed by atoms with Gasteiger partial charge in [0.15, 0.2) is 11.6 Å². The first-order valence-electron chi connectivity index (χ1n) is 5.09. The fourth-order valence-corrected chi connectivity index (χ4v) is 1.85. The van der Waals surface area contributed by atoms with E-state index < -0.39 is 5.82 Å². The van der Waals surface area contributed by atoms with Gasteiger partial charge >= 0.3 is 0 Å². The third-order valence-electron chi connectivity index (χ3n) is 2.26. The molecule has 5 heteroatoms. The van der Waals surface area contributed by atoms with E-state index in [4.69, 9.17) is 22.7 Å².